The van der Waals surface area contributed by atoms with Gasteiger partial charge in [0.25, 0.3) is 0 Å². The first-order valence-electron chi connectivity index (χ1n) is 11.0. The van der Waals surface area contributed by atoms with Crippen molar-refractivity contribution >= 4 is 28.5 Å². The lowest BCUT2D eigenvalue weighted by Crippen LogP contribution is -2.38. The molecule has 1 aromatic heterocycles. The average Bonchev–Trinajstić information content (AvgIpc) is 3.35. The van der Waals surface area contributed by atoms with Gasteiger partial charge in [-0.1, -0.05) is 18.2 Å². The molecular formula is C26H26N4O2. The van der Waals surface area contributed by atoms with Crippen LogP contribution in [0.1, 0.15) is 24.0 Å². The maximum Gasteiger partial charge on any atom is 0.220 e. The van der Waals surface area contributed by atoms with Gasteiger partial charge in [-0.2, -0.15) is 0 Å². The maximum absolute atomic E-state index is 11.4. The lowest BCUT2D eigenvalue weighted by molar-refractivity contribution is -0.123. The minimum Gasteiger partial charge on any atom is -0.439 e. The summed E-state index contributed by atoms with van der Waals surface area (Å²) in [6.07, 6.45) is 7.37. The lowest BCUT2D eigenvalue weighted by Gasteiger charge is -2.30. The van der Waals surface area contributed by atoms with Crippen LogP contribution in [-0.2, 0) is 11.3 Å². The minimum absolute atomic E-state index is 0.0285. The van der Waals surface area contributed by atoms with Crippen LogP contribution in [0.15, 0.2) is 65.8 Å². The number of carbonyl (C=O) groups excluding carboxylic acids is 1. The molecule has 32 heavy (non-hydrogen) atoms. The van der Waals surface area contributed by atoms with Crippen molar-refractivity contribution in [3.05, 3.63) is 71.9 Å². The molecule has 2 aliphatic heterocycles. The van der Waals surface area contributed by atoms with Crippen LogP contribution in [-0.4, -0.2) is 41.6 Å². The number of benzene rings is 2. The molecule has 1 fully saturated rings. The van der Waals surface area contributed by atoms with Crippen molar-refractivity contribution in [2.24, 2.45) is 16.6 Å². The first kappa shape index (κ1) is 20.4. The molecule has 2 aromatic carbocycles. The second-order valence-corrected chi connectivity index (χ2v) is 8.46. The Labute approximate surface area is 187 Å². The number of amides is 1. The van der Waals surface area contributed by atoms with E-state index in [2.05, 4.69) is 39.1 Å². The molecule has 0 spiro atoms. The second-order valence-electron chi connectivity index (χ2n) is 8.46. The summed E-state index contributed by atoms with van der Waals surface area (Å²) >= 11 is 0. The number of nitrogens with two attached hydrogens (primary N) is 1. The van der Waals surface area contributed by atoms with Gasteiger partial charge < -0.3 is 10.5 Å². The number of aromatic nitrogens is 1. The van der Waals surface area contributed by atoms with E-state index in [0.29, 0.717) is 12.4 Å². The molecule has 3 heterocycles. The monoisotopic (exact) mass is 426 g/mol. The Hall–Kier alpha value is -3.51. The fourth-order valence-corrected chi connectivity index (χ4v) is 4.35. The van der Waals surface area contributed by atoms with Gasteiger partial charge in [0, 0.05) is 30.9 Å². The Balaban J connectivity index is 1.23. The van der Waals surface area contributed by atoms with Gasteiger partial charge in [-0.3, -0.25) is 14.7 Å². The number of pyridine rings is 1. The van der Waals surface area contributed by atoms with Crippen LogP contribution < -0.4 is 10.5 Å². The molecule has 6 heteroatoms. The normalized spacial score (nSPS) is 16.9. The molecular weight excluding hydrogens is 400 g/mol. The highest BCUT2D eigenvalue weighted by Gasteiger charge is 2.23. The van der Waals surface area contributed by atoms with Crippen LogP contribution in [0, 0.1) is 5.92 Å². The number of likely N-dealkylation sites (tertiary alicyclic amines) is 1. The Kier molecular flexibility index (Phi) is 5.69. The summed E-state index contributed by atoms with van der Waals surface area (Å²) in [4.78, 5) is 22.4. The highest BCUT2D eigenvalue weighted by molar-refractivity contribution is 5.89. The van der Waals surface area contributed by atoms with E-state index >= 15 is 0 Å². The summed E-state index contributed by atoms with van der Waals surface area (Å²) in [5.41, 5.74) is 8.95. The number of allylic oxidation sites excluding steroid dienone is 1. The molecule has 6 nitrogen and oxygen atoms in total. The summed E-state index contributed by atoms with van der Waals surface area (Å²) in [7, 11) is 0. The molecule has 1 amide bonds. The van der Waals surface area contributed by atoms with E-state index in [1.165, 1.54) is 16.5 Å². The lowest BCUT2D eigenvalue weighted by atomic mass is 9.96. The zero-order valence-electron chi connectivity index (χ0n) is 17.9. The third-order valence-electron chi connectivity index (χ3n) is 6.24. The predicted molar refractivity (Wildman–Crippen MR) is 127 cm³/mol. The second kappa shape index (κ2) is 8.93. The van der Waals surface area contributed by atoms with Gasteiger partial charge in [0.15, 0.2) is 0 Å². The smallest absolute Gasteiger partial charge is 0.220 e. The highest BCUT2D eigenvalue weighted by Crippen LogP contribution is 2.27. The van der Waals surface area contributed by atoms with Crippen LogP contribution in [0.25, 0.3) is 16.3 Å². The summed E-state index contributed by atoms with van der Waals surface area (Å²) in [6.45, 7) is 3.42. The van der Waals surface area contributed by atoms with Gasteiger partial charge in [-0.05, 0) is 83.7 Å². The molecule has 1 saturated heterocycles. The van der Waals surface area contributed by atoms with E-state index in [0.717, 1.165) is 49.2 Å². The van der Waals surface area contributed by atoms with Gasteiger partial charge in [0.05, 0.1) is 6.54 Å². The third kappa shape index (κ3) is 4.55. The first-order chi connectivity index (χ1) is 15.6. The molecule has 0 unspecified atom stereocenters. The van der Waals surface area contributed by atoms with E-state index in [1.54, 1.807) is 0 Å². The Morgan fingerprint density at radius 1 is 1.06 bits per heavy atom. The number of carbonyl (C=O) groups is 1. The molecule has 0 saturated carbocycles. The molecule has 2 N–H and O–H groups in total. The van der Waals surface area contributed by atoms with Crippen molar-refractivity contribution in [3.8, 4) is 11.6 Å². The number of ether oxygens (including phenoxy) is 1. The topological polar surface area (TPSA) is 80.8 Å². The van der Waals surface area contributed by atoms with Crippen molar-refractivity contribution in [1.82, 2.24) is 9.88 Å². The molecule has 3 aromatic rings. The van der Waals surface area contributed by atoms with Crippen LogP contribution in [0.4, 0.5) is 0 Å². The van der Waals surface area contributed by atoms with E-state index in [-0.39, 0.29) is 11.8 Å². The van der Waals surface area contributed by atoms with Crippen molar-refractivity contribution in [1.29, 1.82) is 0 Å². The summed E-state index contributed by atoms with van der Waals surface area (Å²) in [5, 5.41) is 2.31. The fourth-order valence-electron chi connectivity index (χ4n) is 4.35. The van der Waals surface area contributed by atoms with Gasteiger partial charge in [-0.15, -0.1) is 0 Å². The van der Waals surface area contributed by atoms with Gasteiger partial charge in [-0.25, -0.2) is 4.98 Å². The number of fused-ring (bicyclic) bond motifs is 1. The summed E-state index contributed by atoms with van der Waals surface area (Å²) in [5.74, 6) is 1.20. The average molecular weight is 427 g/mol. The van der Waals surface area contributed by atoms with Crippen molar-refractivity contribution < 1.29 is 9.53 Å². The van der Waals surface area contributed by atoms with Gasteiger partial charge in [0.1, 0.15) is 5.75 Å². The highest BCUT2D eigenvalue weighted by atomic mass is 16.5. The van der Waals surface area contributed by atoms with E-state index < -0.39 is 0 Å². The number of piperidine rings is 1. The number of aliphatic imine (C=N–C) groups is 1. The number of rotatable bonds is 6. The maximum atomic E-state index is 11.4. The molecule has 0 atom stereocenters. The van der Waals surface area contributed by atoms with E-state index in [4.69, 9.17) is 10.5 Å². The number of primary amides is 1. The van der Waals surface area contributed by atoms with Crippen molar-refractivity contribution in [2.45, 2.75) is 19.4 Å². The van der Waals surface area contributed by atoms with Gasteiger partial charge in [0.2, 0.25) is 11.8 Å². The molecule has 162 valence electrons. The van der Waals surface area contributed by atoms with Gasteiger partial charge >= 0.3 is 0 Å². The Morgan fingerprint density at radius 2 is 1.88 bits per heavy atom. The number of hydrogen-bond acceptors (Lipinski definition) is 5. The number of nitrogens with zero attached hydrogens (tertiary/aromatic N) is 3. The Morgan fingerprint density at radius 3 is 2.59 bits per heavy atom. The zero-order chi connectivity index (χ0) is 21.9. The molecule has 2 aliphatic rings. The molecule has 0 radical (unpaired) electrons. The fraction of sp³-hybridized carbons (Fsp3) is 0.269. The quantitative estimate of drug-likeness (QED) is 0.641. The summed E-state index contributed by atoms with van der Waals surface area (Å²) in [6, 6.07) is 16.5. The standard InChI is InChI=1S/C26H26N4O2/c27-26(31)19-8-11-30(12-9-19)17-18-1-2-21-14-24(5-3-20(21)13-18)32-25-6-4-22(16-29-25)23-7-10-28-15-23/h1-7,10,13-14,16,19H,8-9,11-12,15,17H2,(H2,27,31). The van der Waals surface area contributed by atoms with Crippen LogP contribution >= 0.6 is 0 Å². The summed E-state index contributed by atoms with van der Waals surface area (Å²) < 4.78 is 5.98. The third-order valence-corrected chi connectivity index (χ3v) is 6.24. The zero-order valence-corrected chi connectivity index (χ0v) is 17.9. The van der Waals surface area contributed by atoms with Crippen LogP contribution in [0.5, 0.6) is 11.6 Å². The first-order valence-corrected chi connectivity index (χ1v) is 11.0. The predicted octanol–water partition coefficient (Wildman–Crippen LogP) is 4.19. The van der Waals surface area contributed by atoms with E-state index in [9.17, 15) is 4.79 Å². The number of hydrogen-bond donors (Lipinski definition) is 1. The molecule has 0 aliphatic carbocycles. The Bertz CT molecular complexity index is 1190. The SMILES string of the molecule is NC(=O)C1CCN(Cc2ccc3cc(Oc4ccc(C5=CC=NC5)cn4)ccc3c2)CC1. The molecule has 0 bridgehead atoms. The van der Waals surface area contributed by atoms with Crippen LogP contribution in [0.2, 0.25) is 0 Å². The van der Waals surface area contributed by atoms with Crippen LogP contribution in [0.3, 0.4) is 0 Å². The largest absolute Gasteiger partial charge is 0.439 e. The van der Waals surface area contributed by atoms with Crippen molar-refractivity contribution in [2.75, 3.05) is 19.6 Å². The molecule has 5 rings (SSSR count). The minimum atomic E-state index is -0.166. The van der Waals surface area contributed by atoms with Crippen molar-refractivity contribution in [3.63, 3.8) is 0 Å². The van der Waals surface area contributed by atoms with E-state index in [1.807, 2.05) is 42.8 Å².